The van der Waals surface area contributed by atoms with Gasteiger partial charge in [-0.2, -0.15) is 11.8 Å². The number of carbonyl (C=O) groups is 9. The number of thioether (sulfide) groups is 1. The number of nitrogens with one attached hydrogen (secondary N) is 9. The number of nitrogens with two attached hydrogens (primary N) is 2. The first kappa shape index (κ1) is 90.6. The van der Waals surface area contributed by atoms with Crippen LogP contribution in [0.2, 0.25) is 0 Å². The minimum atomic E-state index is -0.524. The lowest BCUT2D eigenvalue weighted by Crippen LogP contribution is -2.36. The quantitative estimate of drug-likeness (QED) is 0.00750. The fourth-order valence-electron chi connectivity index (χ4n) is 15.0. The second-order valence-corrected chi connectivity index (χ2v) is 35.1. The van der Waals surface area contributed by atoms with E-state index in [4.69, 9.17) is 20.9 Å². The Bertz CT molecular complexity index is 6350. The fraction of sp³-hybridized carbons (Fsp3) is 0.240. The van der Waals surface area contributed by atoms with E-state index in [1.165, 1.54) is 0 Å². The number of hydrogen-bond donors (Lipinski definition) is 11. The van der Waals surface area contributed by atoms with Crippen molar-refractivity contribution >= 4 is 125 Å². The molecule has 3 unspecified atom stereocenters. The highest BCUT2D eigenvalue weighted by atomic mass is 32.2. The van der Waals surface area contributed by atoms with Crippen LogP contribution < -0.4 is 32.7 Å². The van der Waals surface area contributed by atoms with E-state index < -0.39 is 17.3 Å². The molecule has 10 aromatic carbocycles. The maximum Gasteiger partial charge on any atom is 0.407 e. The van der Waals surface area contributed by atoms with Crippen LogP contribution in [0.3, 0.4) is 0 Å². The van der Waals surface area contributed by atoms with Crippen LogP contribution >= 0.6 is 11.8 Å². The summed E-state index contributed by atoms with van der Waals surface area (Å²) in [7, 11) is 0. The average molecular weight is 1720 g/mol. The van der Waals surface area contributed by atoms with Crippen molar-refractivity contribution in [3.8, 4) is 0 Å². The molecule has 0 spiro atoms. The maximum absolute atomic E-state index is 12.7. The summed E-state index contributed by atoms with van der Waals surface area (Å²) in [6, 6.07) is 77.0. The highest BCUT2D eigenvalue weighted by Gasteiger charge is 2.42. The number of Topliss-reactive ketones (excluding diaryl/α,β-unsaturated/α-hetero) is 5. The molecule has 4 amide bonds. The number of carbonyl (C=O) groups excluding carboxylic acids is 9. The summed E-state index contributed by atoms with van der Waals surface area (Å²) in [5.41, 5.74) is 28.4. The number of fused-ring (bicyclic) bond motifs is 6. The van der Waals surface area contributed by atoms with Gasteiger partial charge in [0.15, 0.2) is 28.9 Å². The number of amides is 4. The van der Waals surface area contributed by atoms with Crippen LogP contribution in [0.5, 0.6) is 0 Å². The lowest BCUT2D eigenvalue weighted by Gasteiger charge is -2.19. The van der Waals surface area contributed by atoms with Gasteiger partial charge in [0.05, 0.1) is 18.5 Å². The van der Waals surface area contributed by atoms with Gasteiger partial charge in [0, 0.05) is 161 Å². The van der Waals surface area contributed by atoms with Gasteiger partial charge >= 0.3 is 18.1 Å². The van der Waals surface area contributed by atoms with Crippen LogP contribution in [0.25, 0.3) is 54.5 Å². The van der Waals surface area contributed by atoms with Gasteiger partial charge in [-0.15, -0.1) is 0 Å². The Hall–Kier alpha value is -14.2. The van der Waals surface area contributed by atoms with Crippen molar-refractivity contribution in [3.05, 3.63) is 352 Å². The molecular weight excluding hydrogens is 1610 g/mol. The molecule has 2 aliphatic heterocycles. The van der Waals surface area contributed by atoms with Crippen LogP contribution in [0.4, 0.5) is 15.3 Å². The van der Waals surface area contributed by atoms with Gasteiger partial charge in [-0.3, -0.25) is 33.6 Å². The minimum Gasteiger partial charge on any atom is -0.460 e. The fourth-order valence-corrected chi connectivity index (χ4v) is 16.6. The highest BCUT2D eigenvalue weighted by Crippen LogP contribution is 2.34. The van der Waals surface area contributed by atoms with Gasteiger partial charge in [-0.05, 0) is 247 Å². The van der Waals surface area contributed by atoms with E-state index in [1.807, 2.05) is 272 Å². The number of aromatic nitrogens is 5. The SMILES string of the molecule is CC(C)(C)OC(=O)Cc1ccc(C(=O)Cc2ccc3[nH]ccc3c2)cc1.CC(C)(C)OC(=O)NCc1ccc(C(=O)Cc2ccc3[nH]ccc3c2)cc1.NCc1ccc(C(=O)Cc2ccc3[nH]ccc3c2)cc1.Nc1ccc(C(=O)Cc2ccc3[nH]ccc3c2)cc1.O=C(CCCCC1SCC2NC(=O)NC21)NCc1ccc(C(=O)Cc2ccc3[nH]ccc3c2)cc1. The van der Waals surface area contributed by atoms with E-state index in [0.717, 1.165) is 135 Å². The van der Waals surface area contributed by atoms with E-state index in [9.17, 15) is 43.2 Å². The largest absolute Gasteiger partial charge is 0.460 e. The zero-order valence-corrected chi connectivity index (χ0v) is 73.0. The van der Waals surface area contributed by atoms with E-state index >= 15 is 0 Å². The van der Waals surface area contributed by atoms with E-state index in [2.05, 4.69) is 52.3 Å². The molecule has 2 saturated heterocycles. The number of urea groups is 1. The summed E-state index contributed by atoms with van der Waals surface area (Å²) < 4.78 is 10.5. The van der Waals surface area contributed by atoms with Gasteiger partial charge in [0.2, 0.25) is 5.91 Å². The van der Waals surface area contributed by atoms with Crippen molar-refractivity contribution in [1.29, 1.82) is 0 Å². The summed E-state index contributed by atoms with van der Waals surface area (Å²) in [5.74, 6) is 1.17. The summed E-state index contributed by atoms with van der Waals surface area (Å²) >= 11 is 1.90. The van der Waals surface area contributed by atoms with E-state index in [-0.39, 0.29) is 65.3 Å². The highest BCUT2D eigenvalue weighted by molar-refractivity contribution is 8.00. The van der Waals surface area contributed by atoms with Crippen LogP contribution in [0.15, 0.2) is 274 Å². The number of aromatic amines is 5. The second-order valence-electron chi connectivity index (χ2n) is 33.9. The van der Waals surface area contributed by atoms with Crippen molar-refractivity contribution in [2.45, 2.75) is 154 Å². The molecule has 650 valence electrons. The first-order valence-corrected chi connectivity index (χ1v) is 43.7. The molecule has 7 heterocycles. The number of hydrogen-bond acceptors (Lipinski definition) is 14. The monoisotopic (exact) mass is 1720 g/mol. The molecule has 22 nitrogen and oxygen atoms in total. The van der Waals surface area contributed by atoms with Crippen molar-refractivity contribution in [2.24, 2.45) is 5.73 Å². The van der Waals surface area contributed by atoms with Gasteiger partial charge < -0.3 is 67.1 Å². The second kappa shape index (κ2) is 42.5. The number of nitrogen functional groups attached to an aromatic ring is 1. The molecule has 3 atom stereocenters. The zero-order valence-electron chi connectivity index (χ0n) is 72.2. The zero-order chi connectivity index (χ0) is 89.6. The number of anilines is 1. The molecule has 13 N–H and O–H groups in total. The molecule has 0 bridgehead atoms. The summed E-state index contributed by atoms with van der Waals surface area (Å²) in [6.07, 6.45) is 14.4. The van der Waals surface area contributed by atoms with E-state index in [1.54, 1.807) is 48.5 Å². The summed E-state index contributed by atoms with van der Waals surface area (Å²) in [6.45, 7) is 12.3. The molecule has 15 aromatic rings. The number of esters is 1. The van der Waals surface area contributed by atoms with Crippen LogP contribution in [-0.4, -0.2) is 112 Å². The van der Waals surface area contributed by atoms with Gasteiger partial charge in [-0.1, -0.05) is 134 Å². The molecule has 127 heavy (non-hydrogen) atoms. The van der Waals surface area contributed by atoms with Crippen molar-refractivity contribution in [2.75, 3.05) is 11.5 Å². The van der Waals surface area contributed by atoms with Crippen LogP contribution in [0, 0.1) is 0 Å². The Morgan fingerprint density at radius 2 is 0.701 bits per heavy atom. The summed E-state index contributed by atoms with van der Waals surface area (Å²) in [5, 5.41) is 17.6. The molecule has 0 aliphatic carbocycles. The minimum absolute atomic E-state index is 0.0399. The Labute approximate surface area is 742 Å². The number of unbranched alkanes of at least 4 members (excludes halogenated alkanes) is 1. The molecule has 5 aromatic heterocycles. The average Bonchev–Trinajstić information content (AvgIpc) is 1.70. The number of alkyl carbamates (subject to hydrolysis) is 1. The molecule has 0 radical (unpaired) electrons. The lowest BCUT2D eigenvalue weighted by atomic mass is 10.0. The third-order valence-corrected chi connectivity index (χ3v) is 23.2. The number of ketones is 5. The Morgan fingerprint density at radius 1 is 0.378 bits per heavy atom. The molecule has 2 aliphatic rings. The predicted octanol–water partition coefficient (Wildman–Crippen LogP) is 19.3. The standard InChI is InChI=1S/C27H30N4O3S.C22H24N2O3.C22H23NO3.C17H16N2O.C16H14N2O/c32-23(14-18-7-10-21-20(13-18)11-12-28-21)19-8-5-17(6-9-19)15-29-25(33)4-2-1-3-24-26-22(16-35-24)30-27(34)31-26;1-22(2,3)27-21(26)24-14-15-4-7-17(8-5-15)20(25)13-16-6-9-19-18(12-16)10-11-23-19;1-22(2,3)26-21(25)14-15-4-7-17(8-5-15)20(24)13-16-6-9-19-18(12-16)10-11-23-19;18-11-12-1-4-14(5-2-12)17(20)10-13-3-6-16-15(9-13)7-8-19-16;17-14-4-2-12(3-5-14)16(19)10-11-1-6-15-13(9-11)7-8-18-15/h5-13,22,24,26,28H,1-4,14-16H2,(H,29,33)(H2,30,31,34);4-12,23H,13-14H2,1-3H3,(H,24,26);4-12,23H,13-14H2,1-3H3;1-9,19H,10-11,18H2;1-9,18H,10,17H2. The van der Waals surface area contributed by atoms with Crippen molar-refractivity contribution < 1.29 is 52.6 Å². The summed E-state index contributed by atoms with van der Waals surface area (Å²) in [4.78, 5) is 125. The third-order valence-electron chi connectivity index (χ3n) is 21.7. The number of H-pyrrole nitrogens is 5. The van der Waals surface area contributed by atoms with Crippen LogP contribution in [0.1, 0.15) is 169 Å². The van der Waals surface area contributed by atoms with Gasteiger partial charge in [0.1, 0.15) is 11.2 Å². The van der Waals surface area contributed by atoms with Crippen molar-refractivity contribution in [3.63, 3.8) is 0 Å². The number of ether oxygens (including phenoxy) is 2. The van der Waals surface area contributed by atoms with Crippen molar-refractivity contribution in [1.82, 2.24) is 46.2 Å². The topological polar surface area (TPSA) is 351 Å². The maximum atomic E-state index is 12.7. The Kier molecular flexibility index (Phi) is 30.3. The lowest BCUT2D eigenvalue weighted by molar-refractivity contribution is -0.154. The Morgan fingerprint density at radius 3 is 1.05 bits per heavy atom. The number of rotatable bonds is 27. The molecule has 17 rings (SSSR count). The van der Waals surface area contributed by atoms with E-state index in [0.29, 0.717) is 91.4 Å². The molecular formula is C104H107N11O11S. The normalized spacial score (nSPS) is 13.9. The number of benzene rings is 10. The van der Waals surface area contributed by atoms with Gasteiger partial charge in [0.25, 0.3) is 0 Å². The van der Waals surface area contributed by atoms with Gasteiger partial charge in [-0.25, -0.2) is 9.59 Å². The Balaban J connectivity index is 0.000000138. The van der Waals surface area contributed by atoms with Crippen LogP contribution in [-0.2, 0) is 77.2 Å². The molecule has 2 fully saturated rings. The predicted molar refractivity (Wildman–Crippen MR) is 505 cm³/mol. The first-order valence-electron chi connectivity index (χ1n) is 42.6. The molecule has 0 saturated carbocycles. The molecule has 23 heteroatoms. The smallest absolute Gasteiger partial charge is 0.407 e. The first-order chi connectivity index (χ1) is 61.1. The third kappa shape index (κ3) is 26.7.